The van der Waals surface area contributed by atoms with Crippen molar-refractivity contribution in [3.05, 3.63) is 41.5 Å². The molecule has 0 radical (unpaired) electrons. The average Bonchev–Trinajstić information content (AvgIpc) is 3.12. The van der Waals surface area contributed by atoms with Gasteiger partial charge in [0.05, 0.1) is 12.0 Å². The summed E-state index contributed by atoms with van der Waals surface area (Å²) in [5.74, 6) is -3.81. The maximum atomic E-state index is 13.6. The molecule has 1 aromatic carbocycles. The Hall–Kier alpha value is -3.33. The molecule has 220 valence electrons. The number of Topliss-reactive ketones (excluding diaryl/α,β-unsaturated/α-hetero) is 1. The number of rotatable bonds is 14. The molecule has 1 aliphatic rings. The fourth-order valence-corrected chi connectivity index (χ4v) is 5.27. The third kappa shape index (κ3) is 8.34. The number of allylic oxidation sites excluding steroid dienone is 1. The van der Waals surface area contributed by atoms with Crippen LogP contribution in [-0.2, 0) is 28.7 Å². The smallest absolute Gasteiger partial charge is 0.417 e. The molecular formula is C31H43NO8. The second kappa shape index (κ2) is 14.3. The number of aryl methyl sites for hydroxylation is 1. The van der Waals surface area contributed by atoms with Crippen molar-refractivity contribution < 1.29 is 38.6 Å². The molecule has 1 fully saturated rings. The zero-order valence-corrected chi connectivity index (χ0v) is 24.7. The highest BCUT2D eigenvalue weighted by Crippen LogP contribution is 2.35. The van der Waals surface area contributed by atoms with E-state index in [9.17, 15) is 24.0 Å². The molecule has 0 spiro atoms. The number of unbranched alkanes of at least 4 members (excludes halogenated alkanes) is 3. The van der Waals surface area contributed by atoms with Crippen LogP contribution in [0.25, 0.3) is 5.57 Å². The molecule has 2 amide bonds. The SMILES string of the molecule is CC(=O)OC(C(=O)C=C(C(=O)CCCCCCO)c1cccc(C)c1)C(C)C(=O)N1C(=O)OC(C)(C)C1C(C)C. The predicted molar refractivity (Wildman–Crippen MR) is 150 cm³/mol. The van der Waals surface area contributed by atoms with Gasteiger partial charge in [0.1, 0.15) is 5.60 Å². The van der Waals surface area contributed by atoms with E-state index < -0.39 is 47.4 Å². The first-order chi connectivity index (χ1) is 18.7. The van der Waals surface area contributed by atoms with E-state index in [1.165, 1.54) is 6.92 Å². The summed E-state index contributed by atoms with van der Waals surface area (Å²) in [4.78, 5) is 66.3. The van der Waals surface area contributed by atoms with Crippen LogP contribution in [0.5, 0.6) is 0 Å². The van der Waals surface area contributed by atoms with Crippen molar-refractivity contribution in [2.45, 2.75) is 98.3 Å². The van der Waals surface area contributed by atoms with E-state index >= 15 is 0 Å². The Kier molecular flexibility index (Phi) is 11.8. The summed E-state index contributed by atoms with van der Waals surface area (Å²) in [6.07, 6.45) is 1.75. The number of amides is 2. The number of aliphatic hydroxyl groups excluding tert-OH is 1. The lowest BCUT2D eigenvalue weighted by atomic mass is 9.87. The minimum absolute atomic E-state index is 0.0932. The van der Waals surface area contributed by atoms with E-state index in [0.717, 1.165) is 36.3 Å². The average molecular weight is 558 g/mol. The minimum atomic E-state index is -1.55. The molecule has 1 saturated heterocycles. The largest absolute Gasteiger partial charge is 0.453 e. The number of imide groups is 1. The maximum absolute atomic E-state index is 13.6. The molecule has 1 aliphatic heterocycles. The third-order valence-corrected chi connectivity index (χ3v) is 7.05. The highest BCUT2D eigenvalue weighted by molar-refractivity contribution is 6.25. The van der Waals surface area contributed by atoms with Gasteiger partial charge in [-0.05, 0) is 58.1 Å². The van der Waals surface area contributed by atoms with E-state index in [4.69, 9.17) is 14.6 Å². The van der Waals surface area contributed by atoms with Crippen molar-refractivity contribution >= 4 is 35.1 Å². The van der Waals surface area contributed by atoms with Crippen LogP contribution in [0, 0.1) is 18.8 Å². The molecule has 1 N–H and O–H groups in total. The van der Waals surface area contributed by atoms with Gasteiger partial charge in [0.2, 0.25) is 5.91 Å². The van der Waals surface area contributed by atoms with Gasteiger partial charge in [-0.3, -0.25) is 19.2 Å². The lowest BCUT2D eigenvalue weighted by Crippen LogP contribution is -2.52. The monoisotopic (exact) mass is 557 g/mol. The fourth-order valence-electron chi connectivity index (χ4n) is 5.27. The number of cyclic esters (lactones) is 1. The maximum Gasteiger partial charge on any atom is 0.417 e. The second-order valence-corrected chi connectivity index (χ2v) is 11.3. The quantitative estimate of drug-likeness (QED) is 0.196. The van der Waals surface area contributed by atoms with Gasteiger partial charge in [-0.1, -0.05) is 56.5 Å². The highest BCUT2D eigenvalue weighted by atomic mass is 16.6. The van der Waals surface area contributed by atoms with Gasteiger partial charge >= 0.3 is 12.1 Å². The number of ketones is 2. The van der Waals surface area contributed by atoms with Crippen molar-refractivity contribution in [1.29, 1.82) is 0 Å². The molecule has 1 aromatic rings. The molecule has 9 heteroatoms. The molecule has 0 bridgehead atoms. The second-order valence-electron chi connectivity index (χ2n) is 11.3. The zero-order chi connectivity index (χ0) is 30.2. The molecule has 2 rings (SSSR count). The van der Waals surface area contributed by atoms with Gasteiger partial charge in [-0.2, -0.15) is 0 Å². The number of nitrogens with zero attached hydrogens (tertiary/aromatic N) is 1. The summed E-state index contributed by atoms with van der Waals surface area (Å²) in [5, 5.41) is 8.98. The van der Waals surface area contributed by atoms with Crippen molar-refractivity contribution in [3.63, 3.8) is 0 Å². The Bertz CT molecular complexity index is 1140. The van der Waals surface area contributed by atoms with Gasteiger partial charge in [-0.15, -0.1) is 0 Å². The van der Waals surface area contributed by atoms with Gasteiger partial charge < -0.3 is 14.6 Å². The first-order valence-corrected chi connectivity index (χ1v) is 13.9. The number of esters is 1. The summed E-state index contributed by atoms with van der Waals surface area (Å²) < 4.78 is 10.8. The lowest BCUT2D eigenvalue weighted by Gasteiger charge is -2.33. The Morgan fingerprint density at radius 2 is 1.75 bits per heavy atom. The van der Waals surface area contributed by atoms with Gasteiger partial charge in [0.15, 0.2) is 17.7 Å². The van der Waals surface area contributed by atoms with E-state index in [0.29, 0.717) is 18.4 Å². The summed E-state index contributed by atoms with van der Waals surface area (Å²) in [7, 11) is 0. The summed E-state index contributed by atoms with van der Waals surface area (Å²) in [6, 6.07) is 6.56. The number of benzene rings is 1. The number of aliphatic hydroxyl groups is 1. The summed E-state index contributed by atoms with van der Waals surface area (Å²) >= 11 is 0. The molecule has 3 unspecified atom stereocenters. The molecular weight excluding hydrogens is 514 g/mol. The molecule has 0 aliphatic carbocycles. The molecule has 3 atom stereocenters. The van der Waals surface area contributed by atoms with Crippen molar-refractivity contribution in [2.75, 3.05) is 6.61 Å². The summed E-state index contributed by atoms with van der Waals surface area (Å²) in [5.41, 5.74) is 0.652. The molecule has 0 aromatic heterocycles. The lowest BCUT2D eigenvalue weighted by molar-refractivity contribution is -0.158. The zero-order valence-electron chi connectivity index (χ0n) is 24.7. The molecule has 9 nitrogen and oxygen atoms in total. The van der Waals surface area contributed by atoms with Crippen LogP contribution in [0.3, 0.4) is 0 Å². The van der Waals surface area contributed by atoms with Crippen molar-refractivity contribution in [3.8, 4) is 0 Å². The Morgan fingerprint density at radius 3 is 2.33 bits per heavy atom. The number of ether oxygens (including phenoxy) is 2. The predicted octanol–water partition coefficient (Wildman–Crippen LogP) is 4.81. The van der Waals surface area contributed by atoms with E-state index in [1.54, 1.807) is 32.0 Å². The molecule has 40 heavy (non-hydrogen) atoms. The van der Waals surface area contributed by atoms with Crippen LogP contribution < -0.4 is 0 Å². The number of carbonyl (C=O) groups excluding carboxylic acids is 5. The van der Waals surface area contributed by atoms with Gasteiger partial charge in [-0.25, -0.2) is 9.69 Å². The van der Waals surface area contributed by atoms with Crippen molar-refractivity contribution in [1.82, 2.24) is 4.90 Å². The van der Waals surface area contributed by atoms with E-state index in [1.807, 2.05) is 26.8 Å². The normalized spacial score (nSPS) is 18.3. The molecule has 1 heterocycles. The summed E-state index contributed by atoms with van der Waals surface area (Å²) in [6.45, 7) is 11.7. The Morgan fingerprint density at radius 1 is 1.10 bits per heavy atom. The van der Waals surface area contributed by atoms with E-state index in [-0.39, 0.29) is 30.3 Å². The van der Waals surface area contributed by atoms with Crippen molar-refractivity contribution in [2.24, 2.45) is 11.8 Å². The van der Waals surface area contributed by atoms with E-state index in [2.05, 4.69) is 0 Å². The van der Waals surface area contributed by atoms with Crippen LogP contribution in [0.1, 0.15) is 84.8 Å². The van der Waals surface area contributed by atoms with Crippen LogP contribution in [0.15, 0.2) is 30.3 Å². The fraction of sp³-hybridized carbons (Fsp3) is 0.581. The number of hydrogen-bond donors (Lipinski definition) is 1. The first-order valence-electron chi connectivity index (χ1n) is 13.9. The highest BCUT2D eigenvalue weighted by Gasteiger charge is 2.53. The topological polar surface area (TPSA) is 127 Å². The van der Waals surface area contributed by atoms with Gasteiger partial charge in [0.25, 0.3) is 0 Å². The van der Waals surface area contributed by atoms with Crippen LogP contribution >= 0.6 is 0 Å². The number of hydrogen-bond acceptors (Lipinski definition) is 8. The molecule has 0 saturated carbocycles. The number of carbonyl (C=O) groups is 5. The first kappa shape index (κ1) is 32.9. The van der Waals surface area contributed by atoms with Crippen LogP contribution in [0.2, 0.25) is 0 Å². The minimum Gasteiger partial charge on any atom is -0.453 e. The Balaban J connectivity index is 2.43. The van der Waals surface area contributed by atoms with Crippen LogP contribution in [0.4, 0.5) is 4.79 Å². The van der Waals surface area contributed by atoms with Gasteiger partial charge in [0, 0.05) is 25.5 Å². The Labute approximate surface area is 236 Å². The van der Waals surface area contributed by atoms with Crippen LogP contribution in [-0.4, -0.2) is 63.9 Å². The standard InChI is InChI=1S/C31H43NO8/c1-19(2)28-31(6,7)40-30(38)32(28)29(37)21(4)27(39-22(5)34)26(36)18-24(23-14-12-13-20(3)17-23)25(35)15-10-8-9-11-16-33/h12-14,17-19,21,27-28,33H,8-11,15-16H2,1-7H3. The third-order valence-electron chi connectivity index (χ3n) is 7.05.